The van der Waals surface area contributed by atoms with Gasteiger partial charge in [0.15, 0.2) is 0 Å². The zero-order valence-electron chi connectivity index (χ0n) is 12.2. The number of carbonyl (C=O) groups excluding carboxylic acids is 1. The van der Waals surface area contributed by atoms with Crippen LogP contribution in [0.1, 0.15) is 34.1 Å². The summed E-state index contributed by atoms with van der Waals surface area (Å²) in [6, 6.07) is -0.0700. The van der Waals surface area contributed by atoms with E-state index < -0.39 is 0 Å². The first-order chi connectivity index (χ1) is 8.47. The molecule has 0 heterocycles. The van der Waals surface area contributed by atoms with E-state index in [1.165, 1.54) is 7.11 Å². The summed E-state index contributed by atoms with van der Waals surface area (Å²) >= 11 is 0. The molecule has 0 spiro atoms. The molecule has 0 rings (SSSR count). The van der Waals surface area contributed by atoms with E-state index in [2.05, 4.69) is 5.32 Å². The van der Waals surface area contributed by atoms with Crippen LogP contribution in [-0.4, -0.2) is 51.1 Å². The van der Waals surface area contributed by atoms with Crippen LogP contribution in [0.3, 0.4) is 0 Å². The van der Waals surface area contributed by atoms with Crippen LogP contribution >= 0.6 is 0 Å². The number of hydrogen-bond donors (Lipinski definition) is 1. The van der Waals surface area contributed by atoms with Crippen LogP contribution in [0.5, 0.6) is 0 Å². The normalized spacial score (nSPS) is 13.1. The molecule has 0 radical (unpaired) electrons. The lowest BCUT2D eigenvalue weighted by Gasteiger charge is -2.19. The van der Waals surface area contributed by atoms with E-state index in [-0.39, 0.29) is 24.2 Å². The third kappa shape index (κ3) is 9.39. The average Bonchev–Trinajstić information content (AvgIpc) is 2.30. The molecule has 5 heteroatoms. The van der Waals surface area contributed by atoms with E-state index in [1.807, 2.05) is 27.7 Å². The maximum atomic E-state index is 11.5. The van der Waals surface area contributed by atoms with Crippen molar-refractivity contribution in [2.45, 2.75) is 52.3 Å². The fraction of sp³-hybridized carbons (Fsp3) is 0.923. The summed E-state index contributed by atoms with van der Waals surface area (Å²) in [6.45, 7) is 9.60. The summed E-state index contributed by atoms with van der Waals surface area (Å²) in [5.74, 6) is -0.245. The molecule has 0 aromatic rings. The highest BCUT2D eigenvalue weighted by Crippen LogP contribution is 1.98. The molecular weight excluding hydrogens is 234 g/mol. The van der Waals surface area contributed by atoms with Crippen LogP contribution in [0, 0.1) is 0 Å². The molecule has 0 bridgehead atoms. The van der Waals surface area contributed by atoms with Crippen molar-refractivity contribution in [1.29, 1.82) is 0 Å². The molecule has 0 aliphatic heterocycles. The predicted octanol–water partition coefficient (Wildman–Crippen LogP) is 1.36. The molecule has 18 heavy (non-hydrogen) atoms. The first-order valence-electron chi connectivity index (χ1n) is 6.50. The van der Waals surface area contributed by atoms with E-state index >= 15 is 0 Å². The molecule has 1 atom stereocenters. The highest BCUT2D eigenvalue weighted by Gasteiger charge is 2.19. The lowest BCUT2D eigenvalue weighted by atomic mass is 10.2. The van der Waals surface area contributed by atoms with Crippen molar-refractivity contribution in [3.05, 3.63) is 0 Å². The monoisotopic (exact) mass is 261 g/mol. The van der Waals surface area contributed by atoms with Gasteiger partial charge >= 0.3 is 5.97 Å². The van der Waals surface area contributed by atoms with Crippen molar-refractivity contribution in [1.82, 2.24) is 5.32 Å². The van der Waals surface area contributed by atoms with Gasteiger partial charge in [-0.2, -0.15) is 0 Å². The van der Waals surface area contributed by atoms with Crippen LogP contribution < -0.4 is 5.32 Å². The summed E-state index contributed by atoms with van der Waals surface area (Å²) in [6.07, 6.45) is 0.825. The average molecular weight is 261 g/mol. The Kier molecular flexibility index (Phi) is 9.92. The summed E-state index contributed by atoms with van der Waals surface area (Å²) in [5.41, 5.74) is 0. The molecule has 0 aliphatic carbocycles. The van der Waals surface area contributed by atoms with Gasteiger partial charge in [-0.25, -0.2) is 0 Å². The molecule has 0 amide bonds. The summed E-state index contributed by atoms with van der Waals surface area (Å²) in [5, 5.41) is 3.15. The lowest BCUT2D eigenvalue weighted by Crippen LogP contribution is -2.42. The number of esters is 1. The van der Waals surface area contributed by atoms with Gasteiger partial charge in [0.1, 0.15) is 6.04 Å². The number of nitrogens with one attached hydrogen (secondary N) is 1. The van der Waals surface area contributed by atoms with Crippen molar-refractivity contribution in [3.8, 4) is 0 Å². The van der Waals surface area contributed by atoms with Crippen molar-refractivity contribution in [2.24, 2.45) is 0 Å². The van der Waals surface area contributed by atoms with Crippen LogP contribution in [0.2, 0.25) is 0 Å². The van der Waals surface area contributed by atoms with Crippen LogP contribution in [0.15, 0.2) is 0 Å². The van der Waals surface area contributed by atoms with E-state index in [0.29, 0.717) is 26.2 Å². The number of methoxy groups -OCH3 is 1. The molecule has 0 saturated heterocycles. The van der Waals surface area contributed by atoms with Crippen molar-refractivity contribution >= 4 is 5.97 Å². The Bertz CT molecular complexity index is 219. The van der Waals surface area contributed by atoms with E-state index in [9.17, 15) is 4.79 Å². The number of rotatable bonds is 10. The third-order valence-corrected chi connectivity index (χ3v) is 2.25. The Balaban J connectivity index is 3.73. The SMILES string of the molecule is COC(=O)C(CCOCCOC(C)C)NC(C)C. The molecule has 0 aromatic heterocycles. The van der Waals surface area contributed by atoms with Crippen molar-refractivity contribution in [3.63, 3.8) is 0 Å². The van der Waals surface area contributed by atoms with Crippen LogP contribution in [-0.2, 0) is 19.0 Å². The smallest absolute Gasteiger partial charge is 0.322 e. The van der Waals surface area contributed by atoms with E-state index in [0.717, 1.165) is 0 Å². The molecule has 0 saturated carbocycles. The summed E-state index contributed by atoms with van der Waals surface area (Å²) in [4.78, 5) is 11.5. The van der Waals surface area contributed by atoms with Crippen molar-refractivity contribution < 1.29 is 19.0 Å². The minimum absolute atomic E-state index is 0.221. The zero-order valence-corrected chi connectivity index (χ0v) is 12.2. The lowest BCUT2D eigenvalue weighted by molar-refractivity contribution is -0.143. The summed E-state index contributed by atoms with van der Waals surface area (Å²) < 4.78 is 15.5. The largest absolute Gasteiger partial charge is 0.468 e. The molecule has 1 N–H and O–H groups in total. The highest BCUT2D eigenvalue weighted by molar-refractivity contribution is 5.75. The van der Waals surface area contributed by atoms with Gasteiger partial charge in [-0.15, -0.1) is 0 Å². The highest BCUT2D eigenvalue weighted by atomic mass is 16.5. The minimum atomic E-state index is -0.305. The van der Waals surface area contributed by atoms with Gasteiger partial charge in [0.2, 0.25) is 0 Å². The third-order valence-electron chi connectivity index (χ3n) is 2.25. The second-order valence-corrected chi connectivity index (χ2v) is 4.72. The molecular formula is C13H27NO4. The molecule has 0 aliphatic rings. The van der Waals surface area contributed by atoms with Crippen LogP contribution in [0.4, 0.5) is 0 Å². The first-order valence-corrected chi connectivity index (χ1v) is 6.50. The fourth-order valence-corrected chi connectivity index (χ4v) is 1.46. The Morgan fingerprint density at radius 3 is 2.28 bits per heavy atom. The van der Waals surface area contributed by atoms with E-state index in [1.54, 1.807) is 0 Å². The Labute approximate surface area is 110 Å². The molecule has 1 unspecified atom stereocenters. The van der Waals surface area contributed by atoms with Gasteiger partial charge in [-0.05, 0) is 20.3 Å². The Hall–Kier alpha value is -0.650. The molecule has 0 aromatic carbocycles. The predicted molar refractivity (Wildman–Crippen MR) is 70.6 cm³/mol. The van der Waals surface area contributed by atoms with Gasteiger partial charge in [0.25, 0.3) is 0 Å². The number of carbonyl (C=O) groups is 1. The van der Waals surface area contributed by atoms with Gasteiger partial charge in [-0.1, -0.05) is 13.8 Å². The van der Waals surface area contributed by atoms with Crippen molar-refractivity contribution in [2.75, 3.05) is 26.9 Å². The fourth-order valence-electron chi connectivity index (χ4n) is 1.46. The first kappa shape index (κ1) is 17.4. The molecule has 5 nitrogen and oxygen atoms in total. The Morgan fingerprint density at radius 2 is 1.78 bits per heavy atom. The maximum Gasteiger partial charge on any atom is 0.322 e. The van der Waals surface area contributed by atoms with E-state index in [4.69, 9.17) is 14.2 Å². The standard InChI is InChI=1S/C13H27NO4/c1-10(2)14-12(13(15)16-5)6-7-17-8-9-18-11(3)4/h10-12,14H,6-9H2,1-5H3. The molecule has 108 valence electrons. The van der Waals surface area contributed by atoms with Gasteiger partial charge < -0.3 is 19.5 Å². The zero-order chi connectivity index (χ0) is 14.0. The van der Waals surface area contributed by atoms with Crippen LogP contribution in [0.25, 0.3) is 0 Å². The Morgan fingerprint density at radius 1 is 1.11 bits per heavy atom. The second kappa shape index (κ2) is 10.3. The number of ether oxygens (including phenoxy) is 3. The van der Waals surface area contributed by atoms with Gasteiger partial charge in [0.05, 0.1) is 26.4 Å². The summed E-state index contributed by atoms with van der Waals surface area (Å²) in [7, 11) is 1.40. The number of hydrogen-bond acceptors (Lipinski definition) is 5. The topological polar surface area (TPSA) is 56.8 Å². The molecule has 0 fully saturated rings. The minimum Gasteiger partial charge on any atom is -0.468 e. The van der Waals surface area contributed by atoms with Gasteiger partial charge in [-0.3, -0.25) is 4.79 Å². The maximum absolute atomic E-state index is 11.5. The van der Waals surface area contributed by atoms with Gasteiger partial charge in [0, 0.05) is 12.6 Å². The second-order valence-electron chi connectivity index (χ2n) is 4.72. The quantitative estimate of drug-likeness (QED) is 0.475.